The van der Waals surface area contributed by atoms with Gasteiger partial charge in [-0.2, -0.15) is 26.3 Å². The molecule has 1 atom stereocenters. The van der Waals surface area contributed by atoms with Crippen molar-refractivity contribution in [1.29, 1.82) is 0 Å². The number of aryl methyl sites for hydroxylation is 2. The van der Waals surface area contributed by atoms with Crippen molar-refractivity contribution in [2.45, 2.75) is 94.3 Å². The van der Waals surface area contributed by atoms with E-state index >= 15 is 0 Å². The van der Waals surface area contributed by atoms with Crippen LogP contribution in [0, 0.1) is 6.92 Å². The molecule has 8 nitrogen and oxygen atoms in total. The number of alkyl halides is 6. The molecule has 1 heterocycles. The number of nitrogens with one attached hydrogen (secondary N) is 2. The Bertz CT molecular complexity index is 1400. The van der Waals surface area contributed by atoms with E-state index < -0.39 is 75.0 Å². The highest BCUT2D eigenvalue weighted by Gasteiger charge is 2.60. The zero-order chi connectivity index (χ0) is 32.1. The molecule has 2 aromatic rings. The lowest BCUT2D eigenvalue weighted by atomic mass is 9.89. The zero-order valence-corrected chi connectivity index (χ0v) is 24.7. The van der Waals surface area contributed by atoms with Gasteiger partial charge in [-0.05, 0) is 39.0 Å². The van der Waals surface area contributed by atoms with E-state index in [-0.39, 0.29) is 24.8 Å². The highest BCUT2D eigenvalue weighted by atomic mass is 32.2. The summed E-state index contributed by atoms with van der Waals surface area (Å²) in [5, 5.41) is 0.292. The van der Waals surface area contributed by atoms with Crippen molar-refractivity contribution < 1.29 is 49.1 Å². The molecule has 0 bridgehead atoms. The normalized spacial score (nSPS) is 15.5. The minimum atomic E-state index is -5.29. The molecule has 2 N–H and O–H groups in total. The molecule has 3 rings (SSSR count). The number of ketones is 1. The smallest absolute Gasteiger partial charge is 0.336 e. The van der Waals surface area contributed by atoms with Crippen LogP contribution >= 0.6 is 11.3 Å². The number of carbonyl (C=O) groups excluding carboxylic acids is 3. The number of thiazole rings is 1. The second-order valence-electron chi connectivity index (χ2n) is 10.5. The van der Waals surface area contributed by atoms with Crippen molar-refractivity contribution in [1.82, 2.24) is 15.0 Å². The lowest BCUT2D eigenvalue weighted by Gasteiger charge is -2.34. The van der Waals surface area contributed by atoms with Crippen molar-refractivity contribution in [3.05, 3.63) is 51.5 Å². The van der Waals surface area contributed by atoms with E-state index in [4.69, 9.17) is 0 Å². The quantitative estimate of drug-likeness (QED) is 0.111. The van der Waals surface area contributed by atoms with Crippen LogP contribution in [0.15, 0.2) is 30.5 Å². The van der Waals surface area contributed by atoms with Gasteiger partial charge >= 0.3 is 12.4 Å². The molecule has 0 spiro atoms. The van der Waals surface area contributed by atoms with Crippen LogP contribution in [0.3, 0.4) is 0 Å². The molecule has 43 heavy (non-hydrogen) atoms. The summed E-state index contributed by atoms with van der Waals surface area (Å²) >= 11 is 0.583. The number of hydrogen-bond donors (Lipinski definition) is 2. The predicted octanol–water partition coefficient (Wildman–Crippen LogP) is 5.65. The van der Waals surface area contributed by atoms with E-state index in [9.17, 15) is 49.1 Å². The average molecular weight is 656 g/mol. The van der Waals surface area contributed by atoms with E-state index in [1.165, 1.54) is 24.3 Å². The summed E-state index contributed by atoms with van der Waals surface area (Å²) in [5.74, 6) is -3.77. The molecule has 1 fully saturated rings. The summed E-state index contributed by atoms with van der Waals surface area (Å²) in [5.41, 5.74) is -2.66. The van der Waals surface area contributed by atoms with E-state index in [2.05, 4.69) is 4.98 Å². The lowest BCUT2D eigenvalue weighted by molar-refractivity contribution is -0.202. The van der Waals surface area contributed by atoms with Gasteiger partial charge in [0.25, 0.3) is 0 Å². The fourth-order valence-corrected chi connectivity index (χ4v) is 6.66. The largest absolute Gasteiger partial charge is 0.418 e. The first-order valence-corrected chi connectivity index (χ1v) is 15.8. The monoisotopic (exact) mass is 655 g/mol. The van der Waals surface area contributed by atoms with Gasteiger partial charge < -0.3 is 5.32 Å². The first-order valence-electron chi connectivity index (χ1n) is 13.5. The number of carbonyl (C=O) groups is 3. The van der Waals surface area contributed by atoms with Gasteiger partial charge in [0.1, 0.15) is 11.4 Å². The minimum Gasteiger partial charge on any atom is -0.336 e. The van der Waals surface area contributed by atoms with Gasteiger partial charge in [-0.3, -0.25) is 19.1 Å². The Morgan fingerprint density at radius 3 is 2.16 bits per heavy atom. The Kier molecular flexibility index (Phi) is 11.0. The molecule has 1 aliphatic carbocycles. The highest BCUT2D eigenvalue weighted by molar-refractivity contribution is 7.90. The number of unbranched alkanes of at least 4 members (excludes halogenated alkanes) is 3. The van der Waals surface area contributed by atoms with Crippen LogP contribution in [-0.2, 0) is 31.6 Å². The molecule has 0 radical (unpaired) electrons. The third-order valence-electron chi connectivity index (χ3n) is 6.73. The van der Waals surface area contributed by atoms with Crippen molar-refractivity contribution in [3.8, 4) is 0 Å². The van der Waals surface area contributed by atoms with Gasteiger partial charge in [0.15, 0.2) is 11.3 Å². The minimum absolute atomic E-state index is 0.0580. The summed E-state index contributed by atoms with van der Waals surface area (Å²) in [6.07, 6.45) is -10.1. The van der Waals surface area contributed by atoms with Gasteiger partial charge in [0.05, 0.1) is 5.25 Å². The molecule has 238 valence electrons. The molecule has 1 aliphatic rings. The van der Waals surface area contributed by atoms with Crippen LogP contribution in [0.25, 0.3) is 0 Å². The molecule has 0 aliphatic heterocycles. The topological polar surface area (TPSA) is 122 Å². The number of rotatable bonds is 15. The summed E-state index contributed by atoms with van der Waals surface area (Å²) in [6.45, 7) is 1.72. The molecule has 1 unspecified atom stereocenters. The molecular weight excluding hydrogens is 624 g/mol. The number of nitrogens with zero attached hydrogens (tertiary/aromatic N) is 1. The van der Waals surface area contributed by atoms with Crippen LogP contribution < -0.4 is 10.0 Å². The van der Waals surface area contributed by atoms with Crippen molar-refractivity contribution in [2.24, 2.45) is 0 Å². The van der Waals surface area contributed by atoms with Crippen molar-refractivity contribution in [3.63, 3.8) is 0 Å². The average Bonchev–Trinajstić information content (AvgIpc) is 3.64. The first kappa shape index (κ1) is 34.5. The van der Waals surface area contributed by atoms with E-state index in [0.717, 1.165) is 11.8 Å². The van der Waals surface area contributed by atoms with Gasteiger partial charge in [-0.25, -0.2) is 13.4 Å². The van der Waals surface area contributed by atoms with Crippen molar-refractivity contribution in [2.75, 3.05) is 0 Å². The molecule has 1 aromatic carbocycles. The van der Waals surface area contributed by atoms with Crippen LogP contribution in [0.1, 0.15) is 83.6 Å². The molecule has 0 saturated heterocycles. The molecule has 2 amide bonds. The summed E-state index contributed by atoms with van der Waals surface area (Å²) in [4.78, 5) is 42.3. The third-order valence-corrected chi connectivity index (χ3v) is 9.81. The number of benzene rings is 1. The number of hydrogen-bond acceptors (Lipinski definition) is 7. The van der Waals surface area contributed by atoms with Crippen molar-refractivity contribution >= 4 is 39.0 Å². The third kappa shape index (κ3) is 10.0. The Balaban J connectivity index is 1.82. The molecule has 1 saturated carbocycles. The second kappa shape index (κ2) is 13.7. The van der Waals surface area contributed by atoms with Crippen LogP contribution in [0.4, 0.5) is 26.3 Å². The SMILES string of the molecule is Cc1ccc(C(=O)CC(NC(=O)CC(=O)NS(=O)(=O)C2CC2)(c2ncc(CCCCCCC(F)(F)F)s2)C(F)(F)F)cc1. The first-order chi connectivity index (χ1) is 19.9. The maximum Gasteiger partial charge on any atom is 0.418 e. The van der Waals surface area contributed by atoms with Crippen LogP contribution in [0.2, 0.25) is 0 Å². The standard InChI is InChI=1S/C27H31F6N3O5S2/c1-17-7-9-18(10-8-17)21(37)15-25(27(31,32)33,35-22(38)14-23(39)36-43(40,41)20-11-12-20)24-34-16-19(42-24)6-4-2-3-5-13-26(28,29)30/h7-10,16,20H,2-6,11-15H2,1H3,(H,35,38)(H,36,39). The molecule has 1 aromatic heterocycles. The number of sulfonamides is 1. The fraction of sp³-hybridized carbons (Fsp3) is 0.556. The summed E-state index contributed by atoms with van der Waals surface area (Å²) in [6, 6.07) is 5.73. The fourth-order valence-electron chi connectivity index (χ4n) is 4.23. The van der Waals surface area contributed by atoms with Gasteiger partial charge in [-0.1, -0.05) is 42.7 Å². The van der Waals surface area contributed by atoms with E-state index in [1.807, 2.05) is 0 Å². The Hall–Kier alpha value is -3.01. The summed E-state index contributed by atoms with van der Waals surface area (Å²) < 4.78 is 107. The Morgan fingerprint density at radius 1 is 0.953 bits per heavy atom. The number of Topliss-reactive ketones (excluding diaryl/α,β-unsaturated/α-hetero) is 1. The number of aromatic nitrogens is 1. The lowest BCUT2D eigenvalue weighted by Crippen LogP contribution is -2.57. The Labute approximate surface area is 248 Å². The van der Waals surface area contributed by atoms with E-state index in [0.29, 0.717) is 41.9 Å². The molecular formula is C27H31F6N3O5S2. The number of halogens is 6. The Morgan fingerprint density at radius 2 is 1.58 bits per heavy atom. The number of amides is 2. The highest BCUT2D eigenvalue weighted by Crippen LogP contribution is 2.44. The van der Waals surface area contributed by atoms with Gasteiger partial charge in [0.2, 0.25) is 21.8 Å². The van der Waals surface area contributed by atoms with Crippen LogP contribution in [0.5, 0.6) is 0 Å². The maximum atomic E-state index is 14.9. The van der Waals surface area contributed by atoms with E-state index in [1.54, 1.807) is 17.0 Å². The van der Waals surface area contributed by atoms with Crippen LogP contribution in [-0.4, -0.2) is 48.6 Å². The maximum absolute atomic E-state index is 14.9. The zero-order valence-electron chi connectivity index (χ0n) is 23.1. The van der Waals surface area contributed by atoms with Gasteiger partial charge in [-0.15, -0.1) is 11.3 Å². The summed E-state index contributed by atoms with van der Waals surface area (Å²) in [7, 11) is -4.06. The molecule has 16 heteroatoms. The predicted molar refractivity (Wildman–Crippen MR) is 146 cm³/mol. The van der Waals surface area contributed by atoms with Gasteiger partial charge in [0, 0.05) is 29.5 Å². The second-order valence-corrected chi connectivity index (χ2v) is 13.6.